The fourth-order valence-corrected chi connectivity index (χ4v) is 2.78. The first-order valence-corrected chi connectivity index (χ1v) is 6.79. The average molecular weight is 312 g/mol. The Morgan fingerprint density at radius 1 is 1.10 bits per heavy atom. The fraction of sp³-hybridized carbons (Fsp3) is 0.467. The first kappa shape index (κ1) is 17.5. The van der Waals surface area contributed by atoms with Crippen molar-refractivity contribution < 1.29 is 9.59 Å². The van der Waals surface area contributed by atoms with Gasteiger partial charge in [-0.2, -0.15) is 0 Å². The highest BCUT2D eigenvalue weighted by atomic mass is 35.5. The molecule has 1 aromatic carbocycles. The lowest BCUT2D eigenvalue weighted by Crippen LogP contribution is -2.36. The highest BCUT2D eigenvalue weighted by molar-refractivity contribution is 5.87. The molecule has 4 N–H and O–H groups in total. The summed E-state index contributed by atoms with van der Waals surface area (Å²) in [5.41, 5.74) is 13.1. The van der Waals surface area contributed by atoms with E-state index >= 15 is 0 Å². The van der Waals surface area contributed by atoms with E-state index in [1.165, 1.54) is 5.56 Å². The van der Waals surface area contributed by atoms with Crippen molar-refractivity contribution in [2.24, 2.45) is 23.3 Å². The van der Waals surface area contributed by atoms with Gasteiger partial charge in [-0.15, -0.1) is 12.4 Å². The molecule has 0 spiro atoms. The molecule has 0 saturated carbocycles. The molecule has 3 unspecified atom stereocenters. The monoisotopic (exact) mass is 311 g/mol. The lowest BCUT2D eigenvalue weighted by atomic mass is 9.95. The van der Waals surface area contributed by atoms with Crippen LogP contribution in [0.15, 0.2) is 24.3 Å². The molecule has 0 bridgehead atoms. The summed E-state index contributed by atoms with van der Waals surface area (Å²) < 4.78 is 0. The Morgan fingerprint density at radius 2 is 1.52 bits per heavy atom. The number of halogens is 1. The van der Waals surface area contributed by atoms with Gasteiger partial charge in [-0.25, -0.2) is 0 Å². The lowest BCUT2D eigenvalue weighted by Gasteiger charge is -2.24. The van der Waals surface area contributed by atoms with E-state index in [0.29, 0.717) is 13.1 Å². The molecule has 2 amide bonds. The van der Waals surface area contributed by atoms with E-state index in [2.05, 4.69) is 36.1 Å². The van der Waals surface area contributed by atoms with Crippen LogP contribution in [0.25, 0.3) is 0 Å². The molecule has 1 aliphatic rings. The summed E-state index contributed by atoms with van der Waals surface area (Å²) in [5.74, 6) is -1.87. The fourth-order valence-electron chi connectivity index (χ4n) is 2.78. The standard InChI is InChI=1S/C15H21N3O2.ClH/c1-9-3-5-11(6-4-9)10(2)18-7-12(14(16)19)13(8-18)15(17)20;/h3-6,10,12-13H,7-8H2,1-2H3,(H2,16,19)(H2,17,20);1H. The number of carbonyl (C=O) groups excluding carboxylic acids is 2. The molecular weight excluding hydrogens is 290 g/mol. The number of likely N-dealkylation sites (tertiary alicyclic amines) is 1. The zero-order valence-corrected chi connectivity index (χ0v) is 13.1. The molecule has 1 saturated heterocycles. The predicted molar refractivity (Wildman–Crippen MR) is 83.8 cm³/mol. The quantitative estimate of drug-likeness (QED) is 0.869. The van der Waals surface area contributed by atoms with Crippen LogP contribution in [0.1, 0.15) is 24.1 Å². The van der Waals surface area contributed by atoms with Gasteiger partial charge in [0, 0.05) is 19.1 Å². The third-order valence-electron chi connectivity index (χ3n) is 4.19. The zero-order chi connectivity index (χ0) is 14.9. The van der Waals surface area contributed by atoms with Crippen LogP contribution in [-0.4, -0.2) is 29.8 Å². The molecule has 5 nitrogen and oxygen atoms in total. The van der Waals surface area contributed by atoms with Gasteiger partial charge in [0.1, 0.15) is 0 Å². The third-order valence-corrected chi connectivity index (χ3v) is 4.19. The van der Waals surface area contributed by atoms with Crippen molar-refractivity contribution in [2.75, 3.05) is 13.1 Å². The molecule has 1 heterocycles. The second kappa shape index (κ2) is 6.91. The highest BCUT2D eigenvalue weighted by Crippen LogP contribution is 2.31. The average Bonchev–Trinajstić information content (AvgIpc) is 2.84. The molecule has 0 aliphatic carbocycles. The molecular formula is C15H22ClN3O2. The van der Waals surface area contributed by atoms with Crippen LogP contribution in [-0.2, 0) is 9.59 Å². The smallest absolute Gasteiger partial charge is 0.222 e. The predicted octanol–water partition coefficient (Wildman–Crippen LogP) is 0.996. The van der Waals surface area contributed by atoms with Gasteiger partial charge in [-0.3, -0.25) is 14.5 Å². The van der Waals surface area contributed by atoms with E-state index in [4.69, 9.17) is 11.5 Å². The first-order valence-electron chi connectivity index (χ1n) is 6.79. The van der Waals surface area contributed by atoms with Gasteiger partial charge >= 0.3 is 0 Å². The molecule has 1 fully saturated rings. The van der Waals surface area contributed by atoms with E-state index in [0.717, 1.165) is 5.56 Å². The molecule has 21 heavy (non-hydrogen) atoms. The Kier molecular flexibility index (Phi) is 5.75. The van der Waals surface area contributed by atoms with Crippen LogP contribution in [0, 0.1) is 18.8 Å². The molecule has 2 rings (SSSR count). The van der Waals surface area contributed by atoms with Crippen molar-refractivity contribution in [2.45, 2.75) is 19.9 Å². The molecule has 6 heteroatoms. The number of aryl methyl sites for hydroxylation is 1. The van der Waals surface area contributed by atoms with E-state index in [1.807, 2.05) is 6.92 Å². The molecule has 3 atom stereocenters. The van der Waals surface area contributed by atoms with E-state index < -0.39 is 23.7 Å². The number of hydrogen-bond donors (Lipinski definition) is 2. The summed E-state index contributed by atoms with van der Waals surface area (Å²) in [6.45, 7) is 5.07. The largest absolute Gasteiger partial charge is 0.369 e. The van der Waals surface area contributed by atoms with E-state index in [9.17, 15) is 9.59 Å². The van der Waals surface area contributed by atoms with Crippen molar-refractivity contribution in [3.63, 3.8) is 0 Å². The SMILES string of the molecule is Cc1ccc(C(C)N2CC(C(N)=O)C(C(N)=O)C2)cc1.Cl. The minimum Gasteiger partial charge on any atom is -0.369 e. The number of primary amides is 2. The van der Waals surface area contributed by atoms with Gasteiger partial charge < -0.3 is 11.5 Å². The summed E-state index contributed by atoms with van der Waals surface area (Å²) >= 11 is 0. The van der Waals surface area contributed by atoms with Crippen LogP contribution < -0.4 is 11.5 Å². The van der Waals surface area contributed by atoms with Crippen molar-refractivity contribution in [1.82, 2.24) is 4.90 Å². The summed E-state index contributed by atoms with van der Waals surface area (Å²) in [4.78, 5) is 25.0. The topological polar surface area (TPSA) is 89.4 Å². The third kappa shape index (κ3) is 3.74. The first-order chi connectivity index (χ1) is 9.40. The van der Waals surface area contributed by atoms with Gasteiger partial charge in [0.2, 0.25) is 11.8 Å². The number of nitrogens with two attached hydrogens (primary N) is 2. The van der Waals surface area contributed by atoms with E-state index in [1.54, 1.807) is 0 Å². The molecule has 1 aromatic rings. The van der Waals surface area contributed by atoms with Gasteiger partial charge in [0.05, 0.1) is 11.8 Å². The second-order valence-electron chi connectivity index (χ2n) is 5.56. The Balaban J connectivity index is 0.00000220. The Bertz CT molecular complexity index is 496. The van der Waals surface area contributed by atoms with Crippen molar-refractivity contribution in [3.8, 4) is 0 Å². The van der Waals surface area contributed by atoms with Crippen molar-refractivity contribution >= 4 is 24.2 Å². The van der Waals surface area contributed by atoms with Crippen LogP contribution >= 0.6 is 12.4 Å². The number of rotatable bonds is 4. The molecule has 0 radical (unpaired) electrons. The van der Waals surface area contributed by atoms with E-state index in [-0.39, 0.29) is 18.4 Å². The maximum atomic E-state index is 11.5. The Hall–Kier alpha value is -1.59. The summed E-state index contributed by atoms with van der Waals surface area (Å²) in [6.07, 6.45) is 0. The maximum Gasteiger partial charge on any atom is 0.222 e. The van der Waals surface area contributed by atoms with Gasteiger partial charge in [0.25, 0.3) is 0 Å². The van der Waals surface area contributed by atoms with Crippen LogP contribution in [0.5, 0.6) is 0 Å². The molecule has 0 aromatic heterocycles. The Labute approximate surface area is 131 Å². The minimum absolute atomic E-state index is 0. The number of hydrogen-bond acceptors (Lipinski definition) is 3. The summed E-state index contributed by atoms with van der Waals surface area (Å²) in [5, 5.41) is 0. The van der Waals surface area contributed by atoms with Crippen molar-refractivity contribution in [3.05, 3.63) is 35.4 Å². The van der Waals surface area contributed by atoms with Gasteiger partial charge in [0.15, 0.2) is 0 Å². The number of carbonyl (C=O) groups is 2. The minimum atomic E-state index is -0.486. The number of amides is 2. The maximum absolute atomic E-state index is 11.5. The lowest BCUT2D eigenvalue weighted by molar-refractivity contribution is -0.129. The highest BCUT2D eigenvalue weighted by Gasteiger charge is 2.41. The van der Waals surface area contributed by atoms with Gasteiger partial charge in [-0.1, -0.05) is 29.8 Å². The van der Waals surface area contributed by atoms with Crippen LogP contribution in [0.4, 0.5) is 0 Å². The van der Waals surface area contributed by atoms with Crippen molar-refractivity contribution in [1.29, 1.82) is 0 Å². The van der Waals surface area contributed by atoms with Crippen LogP contribution in [0.2, 0.25) is 0 Å². The zero-order valence-electron chi connectivity index (χ0n) is 12.3. The normalized spacial score (nSPS) is 23.3. The number of benzene rings is 1. The number of nitrogens with zero attached hydrogens (tertiary/aromatic N) is 1. The van der Waals surface area contributed by atoms with Crippen LogP contribution in [0.3, 0.4) is 0 Å². The van der Waals surface area contributed by atoms with Gasteiger partial charge in [-0.05, 0) is 19.4 Å². The molecule has 116 valence electrons. The second-order valence-corrected chi connectivity index (χ2v) is 5.56. The summed E-state index contributed by atoms with van der Waals surface area (Å²) in [7, 11) is 0. The summed E-state index contributed by atoms with van der Waals surface area (Å²) in [6, 6.07) is 8.37. The molecule has 1 aliphatic heterocycles. The Morgan fingerprint density at radius 3 is 1.90 bits per heavy atom.